The molecule has 0 amide bonds. The summed E-state index contributed by atoms with van der Waals surface area (Å²) in [6.45, 7) is 0. The van der Waals surface area contributed by atoms with Gasteiger partial charge in [0, 0.05) is 31.8 Å². The summed E-state index contributed by atoms with van der Waals surface area (Å²) < 4.78 is 30.7. The van der Waals surface area contributed by atoms with Crippen LogP contribution in [0.15, 0.2) is 64.1 Å². The van der Waals surface area contributed by atoms with Gasteiger partial charge in [0.05, 0.1) is 9.82 Å². The molecule has 2 aromatic rings. The predicted molar refractivity (Wildman–Crippen MR) is 101 cm³/mol. The molecule has 0 N–H and O–H groups in total. The van der Waals surface area contributed by atoms with E-state index < -0.39 is 20.9 Å². The summed E-state index contributed by atoms with van der Waals surface area (Å²) in [5.74, 6) is -0.778. The minimum absolute atomic E-state index is 0.0323. The van der Waals surface area contributed by atoms with Gasteiger partial charge in [-0.25, -0.2) is 22.5 Å². The molecule has 1 heterocycles. The number of non-ortho nitro benzene ring substituents is 1. The van der Waals surface area contributed by atoms with Gasteiger partial charge in [-0.3, -0.25) is 10.1 Å². The number of benzene rings is 2. The van der Waals surface area contributed by atoms with Gasteiger partial charge in [0.25, 0.3) is 5.69 Å². The second-order valence-corrected chi connectivity index (χ2v) is 8.16. The highest BCUT2D eigenvalue weighted by Gasteiger charge is 2.26. The SMILES string of the molecule is CN(C)S(=O)(=O)c1cccc(C2=N/C(=C\c3cccc([N+](=O)[O-])c3)C(=O)O2)c1. The van der Waals surface area contributed by atoms with Crippen molar-refractivity contribution in [1.29, 1.82) is 0 Å². The largest absolute Gasteiger partial charge is 0.402 e. The van der Waals surface area contributed by atoms with E-state index in [4.69, 9.17) is 4.74 Å². The zero-order valence-corrected chi connectivity index (χ0v) is 15.7. The fourth-order valence-corrected chi connectivity index (χ4v) is 3.37. The van der Waals surface area contributed by atoms with E-state index in [1.807, 2.05) is 0 Å². The molecule has 28 heavy (non-hydrogen) atoms. The lowest BCUT2D eigenvalue weighted by atomic mass is 10.1. The van der Waals surface area contributed by atoms with Gasteiger partial charge in [0.1, 0.15) is 0 Å². The Bertz CT molecular complexity index is 1140. The van der Waals surface area contributed by atoms with E-state index in [1.165, 1.54) is 56.6 Å². The Morgan fingerprint density at radius 3 is 2.54 bits per heavy atom. The number of aliphatic imine (C=N–C) groups is 1. The Labute approximate surface area is 160 Å². The molecule has 0 saturated heterocycles. The molecular formula is C18H15N3O6S. The average molecular weight is 401 g/mol. The number of nitro groups is 1. The van der Waals surface area contributed by atoms with Gasteiger partial charge in [-0.2, -0.15) is 0 Å². The fraction of sp³-hybridized carbons (Fsp3) is 0.111. The minimum Gasteiger partial charge on any atom is -0.402 e. The molecular weight excluding hydrogens is 386 g/mol. The number of ether oxygens (including phenoxy) is 1. The van der Waals surface area contributed by atoms with Crippen LogP contribution < -0.4 is 0 Å². The number of esters is 1. The minimum atomic E-state index is -3.66. The number of nitro benzene ring substituents is 1. The van der Waals surface area contributed by atoms with E-state index in [9.17, 15) is 23.3 Å². The van der Waals surface area contributed by atoms with Crippen molar-refractivity contribution in [1.82, 2.24) is 4.31 Å². The Balaban J connectivity index is 1.97. The molecule has 0 bridgehead atoms. The predicted octanol–water partition coefficient (Wildman–Crippen LogP) is 2.19. The van der Waals surface area contributed by atoms with Crippen LogP contribution in [-0.4, -0.2) is 43.6 Å². The standard InChI is InChI=1S/C18H15N3O6S/c1-20(2)28(25,26)15-8-4-6-13(11-15)17-19-16(18(22)27-17)10-12-5-3-7-14(9-12)21(23)24/h3-11H,1-2H3/b16-10-. The third-order valence-electron chi connectivity index (χ3n) is 3.86. The van der Waals surface area contributed by atoms with Gasteiger partial charge in [0.15, 0.2) is 5.70 Å². The van der Waals surface area contributed by atoms with Crippen molar-refractivity contribution >= 4 is 33.7 Å². The third kappa shape index (κ3) is 3.82. The molecule has 9 nitrogen and oxygen atoms in total. The molecule has 2 aromatic carbocycles. The van der Waals surface area contributed by atoms with Crippen molar-refractivity contribution in [2.75, 3.05) is 14.1 Å². The lowest BCUT2D eigenvalue weighted by molar-refractivity contribution is -0.384. The number of carbonyl (C=O) groups is 1. The first-order valence-electron chi connectivity index (χ1n) is 7.98. The summed E-state index contributed by atoms with van der Waals surface area (Å²) in [6, 6.07) is 11.6. The number of sulfonamides is 1. The van der Waals surface area contributed by atoms with Crippen LogP contribution in [0.25, 0.3) is 6.08 Å². The molecule has 10 heteroatoms. The van der Waals surface area contributed by atoms with Crippen LogP contribution in [0.3, 0.4) is 0 Å². The third-order valence-corrected chi connectivity index (χ3v) is 5.68. The Kier molecular flexibility index (Phi) is 5.08. The van der Waals surface area contributed by atoms with E-state index in [-0.39, 0.29) is 22.2 Å². The summed E-state index contributed by atoms with van der Waals surface area (Å²) in [7, 11) is -0.835. The number of hydrogen-bond donors (Lipinski definition) is 0. The summed E-state index contributed by atoms with van der Waals surface area (Å²) in [6.07, 6.45) is 1.36. The zero-order valence-electron chi connectivity index (χ0n) is 14.9. The van der Waals surface area contributed by atoms with E-state index in [2.05, 4.69) is 4.99 Å². The van der Waals surface area contributed by atoms with Crippen molar-refractivity contribution in [3.05, 3.63) is 75.5 Å². The first kappa shape index (κ1) is 19.4. The highest BCUT2D eigenvalue weighted by atomic mass is 32.2. The number of nitrogens with zero attached hydrogens (tertiary/aromatic N) is 3. The first-order valence-corrected chi connectivity index (χ1v) is 9.42. The number of hydrogen-bond acceptors (Lipinski definition) is 7. The van der Waals surface area contributed by atoms with Gasteiger partial charge in [-0.15, -0.1) is 0 Å². The van der Waals surface area contributed by atoms with E-state index in [0.29, 0.717) is 11.1 Å². The van der Waals surface area contributed by atoms with E-state index >= 15 is 0 Å². The monoisotopic (exact) mass is 401 g/mol. The second-order valence-electron chi connectivity index (χ2n) is 6.00. The molecule has 0 unspecified atom stereocenters. The van der Waals surface area contributed by atoms with Crippen molar-refractivity contribution in [3.8, 4) is 0 Å². The van der Waals surface area contributed by atoms with Crippen LogP contribution >= 0.6 is 0 Å². The van der Waals surface area contributed by atoms with Crippen LogP contribution in [0.2, 0.25) is 0 Å². The highest BCUT2D eigenvalue weighted by molar-refractivity contribution is 7.89. The topological polar surface area (TPSA) is 119 Å². The van der Waals surface area contributed by atoms with Crippen LogP contribution in [-0.2, 0) is 19.6 Å². The van der Waals surface area contributed by atoms with Crippen molar-refractivity contribution < 1.29 is 22.9 Å². The molecule has 0 fully saturated rings. The van der Waals surface area contributed by atoms with Gasteiger partial charge in [0.2, 0.25) is 15.9 Å². The fourth-order valence-electron chi connectivity index (χ4n) is 2.42. The maximum atomic E-state index is 12.3. The van der Waals surface area contributed by atoms with Gasteiger partial charge in [-0.05, 0) is 29.8 Å². The zero-order chi connectivity index (χ0) is 20.5. The van der Waals surface area contributed by atoms with Crippen LogP contribution in [0.5, 0.6) is 0 Å². The van der Waals surface area contributed by atoms with Gasteiger partial charge >= 0.3 is 5.97 Å². The van der Waals surface area contributed by atoms with E-state index in [0.717, 1.165) is 4.31 Å². The Morgan fingerprint density at radius 1 is 1.14 bits per heavy atom. The normalized spacial score (nSPS) is 15.6. The summed E-state index contributed by atoms with van der Waals surface area (Å²) in [5.41, 5.74) is 0.566. The molecule has 0 aromatic heterocycles. The van der Waals surface area contributed by atoms with Crippen LogP contribution in [0.1, 0.15) is 11.1 Å². The lowest BCUT2D eigenvalue weighted by Gasteiger charge is -2.11. The van der Waals surface area contributed by atoms with Crippen molar-refractivity contribution in [3.63, 3.8) is 0 Å². The number of rotatable bonds is 5. The van der Waals surface area contributed by atoms with E-state index in [1.54, 1.807) is 12.1 Å². The maximum absolute atomic E-state index is 12.3. The number of carbonyl (C=O) groups excluding carboxylic acids is 1. The van der Waals surface area contributed by atoms with Crippen LogP contribution in [0, 0.1) is 10.1 Å². The molecule has 1 aliphatic heterocycles. The maximum Gasteiger partial charge on any atom is 0.363 e. The Hall–Kier alpha value is -3.37. The summed E-state index contributed by atoms with van der Waals surface area (Å²) in [5, 5.41) is 10.9. The molecule has 0 radical (unpaired) electrons. The second kappa shape index (κ2) is 7.33. The molecule has 0 saturated carbocycles. The lowest BCUT2D eigenvalue weighted by Crippen LogP contribution is -2.22. The molecule has 0 spiro atoms. The average Bonchev–Trinajstić information content (AvgIpc) is 3.02. The number of cyclic esters (lactones) is 1. The summed E-state index contributed by atoms with van der Waals surface area (Å²) >= 11 is 0. The van der Waals surface area contributed by atoms with Crippen molar-refractivity contribution in [2.45, 2.75) is 4.90 Å². The molecule has 0 atom stereocenters. The summed E-state index contributed by atoms with van der Waals surface area (Å²) in [4.78, 5) is 26.6. The van der Waals surface area contributed by atoms with Gasteiger partial charge in [-0.1, -0.05) is 18.2 Å². The highest BCUT2D eigenvalue weighted by Crippen LogP contribution is 2.23. The Morgan fingerprint density at radius 2 is 1.86 bits per heavy atom. The molecule has 0 aliphatic carbocycles. The molecule has 1 aliphatic rings. The molecule has 3 rings (SSSR count). The van der Waals surface area contributed by atoms with Gasteiger partial charge < -0.3 is 4.74 Å². The smallest absolute Gasteiger partial charge is 0.363 e. The van der Waals surface area contributed by atoms with Crippen molar-refractivity contribution in [2.24, 2.45) is 4.99 Å². The molecule has 144 valence electrons. The quantitative estimate of drug-likeness (QED) is 0.328. The van der Waals surface area contributed by atoms with Crippen LogP contribution in [0.4, 0.5) is 5.69 Å². The first-order chi connectivity index (χ1) is 13.2.